The normalized spacial score (nSPS) is 16.9. The zero-order valence-electron chi connectivity index (χ0n) is 27.5. The predicted octanol–water partition coefficient (Wildman–Crippen LogP) is 6.41. The molecule has 0 aromatic heterocycles. The molecule has 5 aromatic carbocycles. The maximum absolute atomic E-state index is 14.7. The van der Waals surface area contributed by atoms with E-state index in [2.05, 4.69) is 35.1 Å². The van der Waals surface area contributed by atoms with Crippen LogP contribution in [-0.4, -0.2) is 49.3 Å². The largest absolute Gasteiger partial charge is 0.497 e. The van der Waals surface area contributed by atoms with Gasteiger partial charge in [-0.25, -0.2) is 10.4 Å². The molecule has 8 heteroatoms. The molecule has 0 aliphatic carbocycles. The Labute approximate surface area is 287 Å². The van der Waals surface area contributed by atoms with Gasteiger partial charge in [-0.05, 0) is 58.7 Å². The van der Waals surface area contributed by atoms with Crippen LogP contribution in [0.4, 0.5) is 0 Å². The van der Waals surface area contributed by atoms with Crippen LogP contribution in [0.2, 0.25) is 0 Å². The van der Waals surface area contributed by atoms with E-state index in [0.717, 1.165) is 22.3 Å². The van der Waals surface area contributed by atoms with Gasteiger partial charge in [0.25, 0.3) is 5.91 Å². The van der Waals surface area contributed by atoms with E-state index in [1.165, 1.54) is 0 Å². The van der Waals surface area contributed by atoms with E-state index in [-0.39, 0.29) is 24.9 Å². The van der Waals surface area contributed by atoms with Crippen LogP contribution in [0.15, 0.2) is 145 Å². The molecule has 5 aromatic rings. The van der Waals surface area contributed by atoms with Gasteiger partial charge >= 0.3 is 0 Å². The van der Waals surface area contributed by atoms with E-state index < -0.39 is 11.6 Å². The molecule has 0 bridgehead atoms. The first kappa shape index (κ1) is 33.5. The topological polar surface area (TPSA) is 101 Å². The average Bonchev–Trinajstić information content (AvgIpc) is 3.55. The molecule has 1 aliphatic heterocycles. The molecule has 250 valence electrons. The van der Waals surface area contributed by atoms with E-state index >= 15 is 0 Å². The van der Waals surface area contributed by atoms with Crippen molar-refractivity contribution < 1.29 is 24.1 Å². The lowest BCUT2D eigenvalue weighted by atomic mass is 9.82. The summed E-state index contributed by atoms with van der Waals surface area (Å²) in [5, 5.41) is 9.11. The summed E-state index contributed by atoms with van der Waals surface area (Å²) in [6.45, 7) is 0.933. The van der Waals surface area contributed by atoms with Crippen LogP contribution in [0.1, 0.15) is 46.3 Å². The van der Waals surface area contributed by atoms with E-state index in [0.29, 0.717) is 42.5 Å². The van der Waals surface area contributed by atoms with Gasteiger partial charge in [-0.15, -0.1) is 0 Å². The van der Waals surface area contributed by atoms with Crippen molar-refractivity contribution in [2.75, 3.05) is 26.9 Å². The molecule has 6 rings (SSSR count). The molecular weight excluding hydrogens is 614 g/mol. The molecule has 0 spiro atoms. The Morgan fingerprint density at radius 1 is 0.837 bits per heavy atom. The number of carbonyl (C=O) groups is 1. The summed E-state index contributed by atoms with van der Waals surface area (Å²) in [4.78, 5) is 19.9. The van der Waals surface area contributed by atoms with Crippen LogP contribution in [-0.2, 0) is 16.0 Å². The van der Waals surface area contributed by atoms with Gasteiger partial charge in [-0.2, -0.15) is 0 Å². The van der Waals surface area contributed by atoms with E-state index in [9.17, 15) is 4.79 Å². The minimum Gasteiger partial charge on any atom is -0.497 e. The van der Waals surface area contributed by atoms with Crippen molar-refractivity contribution in [1.29, 1.82) is 0 Å². The number of nitrogens with zero attached hydrogens (tertiary/aromatic N) is 1. The average molecular weight is 656 g/mol. The summed E-state index contributed by atoms with van der Waals surface area (Å²) in [5.74, 6) is 1.36. The third-order valence-corrected chi connectivity index (χ3v) is 8.65. The van der Waals surface area contributed by atoms with Crippen molar-refractivity contribution in [2.45, 2.75) is 30.4 Å². The van der Waals surface area contributed by atoms with Gasteiger partial charge < -0.3 is 19.3 Å². The summed E-state index contributed by atoms with van der Waals surface area (Å²) in [6, 6.07) is 45.4. The van der Waals surface area contributed by atoms with Crippen LogP contribution < -0.4 is 20.3 Å². The molecule has 3 N–H and O–H groups in total. The third kappa shape index (κ3) is 8.00. The van der Waals surface area contributed by atoms with Crippen molar-refractivity contribution in [2.24, 2.45) is 4.99 Å². The molecule has 0 saturated heterocycles. The van der Waals surface area contributed by atoms with Crippen molar-refractivity contribution in [3.63, 3.8) is 0 Å². The van der Waals surface area contributed by atoms with E-state index in [1.54, 1.807) is 7.11 Å². The van der Waals surface area contributed by atoms with Gasteiger partial charge in [0.1, 0.15) is 11.5 Å². The number of amides is 1. The van der Waals surface area contributed by atoms with Gasteiger partial charge in [0.2, 0.25) is 5.90 Å². The molecule has 1 heterocycles. The summed E-state index contributed by atoms with van der Waals surface area (Å²) in [6.07, 6.45) is 0.0669. The highest BCUT2D eigenvalue weighted by Crippen LogP contribution is 2.43. The minimum absolute atomic E-state index is 0.000966. The number of hydrazine groups is 1. The quantitative estimate of drug-likeness (QED) is 0.0891. The molecule has 0 unspecified atom stereocenters. The van der Waals surface area contributed by atoms with Gasteiger partial charge in [0.15, 0.2) is 11.6 Å². The van der Waals surface area contributed by atoms with Crippen molar-refractivity contribution >= 4 is 11.8 Å². The first-order chi connectivity index (χ1) is 24.1. The number of aliphatic imine (C=N–C) groups is 1. The maximum Gasteiger partial charge on any atom is 0.266 e. The van der Waals surface area contributed by atoms with Crippen LogP contribution in [0.5, 0.6) is 11.5 Å². The Hall–Kier alpha value is -5.44. The van der Waals surface area contributed by atoms with Gasteiger partial charge in [-0.3, -0.25) is 10.2 Å². The Morgan fingerprint density at radius 3 is 2.12 bits per heavy atom. The number of carbonyl (C=O) groups excluding carboxylic acids is 1. The second kappa shape index (κ2) is 16.1. The lowest BCUT2D eigenvalue weighted by Gasteiger charge is -2.31. The fourth-order valence-electron chi connectivity index (χ4n) is 6.13. The summed E-state index contributed by atoms with van der Waals surface area (Å²) in [5.41, 5.74) is 9.63. The fraction of sp³-hybridized carbons (Fsp3) is 0.220. The molecule has 1 amide bonds. The number of hydrogen-bond acceptors (Lipinski definition) is 7. The Bertz CT molecular complexity index is 1780. The Balaban J connectivity index is 1.35. The lowest BCUT2D eigenvalue weighted by molar-refractivity contribution is -0.130. The molecule has 8 nitrogen and oxygen atoms in total. The molecule has 1 aliphatic rings. The molecular formula is C41H41N3O5. The van der Waals surface area contributed by atoms with E-state index in [4.69, 9.17) is 24.3 Å². The van der Waals surface area contributed by atoms with Crippen LogP contribution in [0, 0.1) is 0 Å². The summed E-state index contributed by atoms with van der Waals surface area (Å²) in [7, 11) is 1.62. The molecule has 49 heavy (non-hydrogen) atoms. The fourth-order valence-corrected chi connectivity index (χ4v) is 6.13. The molecule has 2 atom stereocenters. The number of hydrogen-bond donors (Lipinski definition) is 3. The number of aliphatic hydroxyl groups excluding tert-OH is 1. The highest BCUT2D eigenvalue weighted by atomic mass is 16.5. The number of benzene rings is 5. The van der Waals surface area contributed by atoms with Crippen molar-refractivity contribution in [3.8, 4) is 11.5 Å². The highest BCUT2D eigenvalue weighted by Gasteiger charge is 2.53. The minimum atomic E-state index is -1.37. The van der Waals surface area contributed by atoms with E-state index in [1.807, 2.05) is 115 Å². The summed E-state index contributed by atoms with van der Waals surface area (Å²) >= 11 is 0. The molecule has 0 saturated carbocycles. The standard InChI is InChI=1S/C41H41N3O5/c1-47-36-20-11-19-34(27-36)38-41(28-30-13-5-2-6-14-30,43-39(49-38)33-21-23-35(24-22-33)48-26-12-25-45)40(46)44-42-29-37(31-15-7-3-8-16-31)32-17-9-4-10-18-32/h2-11,13-24,27,37-38,42,45H,12,25-26,28-29H2,1H3,(H,44,46)/t38-,41-/m0/s1. The molecule has 0 fully saturated rings. The van der Waals surface area contributed by atoms with Crippen LogP contribution in [0.25, 0.3) is 0 Å². The smallest absolute Gasteiger partial charge is 0.266 e. The van der Waals surface area contributed by atoms with Crippen LogP contribution >= 0.6 is 0 Å². The number of aliphatic hydroxyl groups is 1. The number of methoxy groups -OCH3 is 1. The summed E-state index contributed by atoms with van der Waals surface area (Å²) < 4.78 is 18.0. The van der Waals surface area contributed by atoms with Gasteiger partial charge in [0, 0.05) is 37.5 Å². The lowest BCUT2D eigenvalue weighted by Crippen LogP contribution is -2.54. The van der Waals surface area contributed by atoms with Crippen molar-refractivity contribution in [1.82, 2.24) is 10.9 Å². The van der Waals surface area contributed by atoms with Gasteiger partial charge in [0.05, 0.1) is 13.7 Å². The maximum atomic E-state index is 14.7. The zero-order chi connectivity index (χ0) is 33.9. The Morgan fingerprint density at radius 2 is 1.49 bits per heavy atom. The van der Waals surface area contributed by atoms with Crippen LogP contribution in [0.3, 0.4) is 0 Å². The number of rotatable bonds is 15. The third-order valence-electron chi connectivity index (χ3n) is 8.65. The first-order valence-electron chi connectivity index (χ1n) is 16.5. The number of ether oxygens (including phenoxy) is 3. The second-order valence-electron chi connectivity index (χ2n) is 11.9. The van der Waals surface area contributed by atoms with Crippen molar-refractivity contribution in [3.05, 3.63) is 167 Å². The zero-order valence-corrected chi connectivity index (χ0v) is 27.5. The molecule has 0 radical (unpaired) electrons. The number of nitrogens with one attached hydrogen (secondary N) is 2. The second-order valence-corrected chi connectivity index (χ2v) is 11.9. The predicted molar refractivity (Wildman–Crippen MR) is 191 cm³/mol. The SMILES string of the molecule is COc1cccc([C@@H]2OC(c3ccc(OCCCO)cc3)=N[C@]2(Cc2ccccc2)C(=O)NNCC(c2ccccc2)c2ccccc2)c1. The monoisotopic (exact) mass is 655 g/mol. The Kier molecular flexibility index (Phi) is 11.0. The van der Waals surface area contributed by atoms with Gasteiger partial charge in [-0.1, -0.05) is 103 Å². The first-order valence-corrected chi connectivity index (χ1v) is 16.5. The highest BCUT2D eigenvalue weighted by molar-refractivity contribution is 6.01.